The number of aryl methyl sites for hydroxylation is 1. The highest BCUT2D eigenvalue weighted by molar-refractivity contribution is 6.07. The zero-order valence-corrected chi connectivity index (χ0v) is 9.39. The number of amides is 1. The van der Waals surface area contributed by atoms with E-state index in [1.165, 1.54) is 4.90 Å². The average Bonchev–Trinajstić information content (AvgIpc) is 2.34. The van der Waals surface area contributed by atoms with Crippen LogP contribution in [0.5, 0.6) is 0 Å². The maximum absolute atomic E-state index is 13.9. The van der Waals surface area contributed by atoms with Crippen molar-refractivity contribution in [2.24, 2.45) is 0 Å². The van der Waals surface area contributed by atoms with Crippen molar-refractivity contribution in [3.05, 3.63) is 29.1 Å². The minimum atomic E-state index is -0.612. The van der Waals surface area contributed by atoms with Gasteiger partial charge in [-0.1, -0.05) is 12.1 Å². The first kappa shape index (κ1) is 10.1. The van der Waals surface area contributed by atoms with E-state index in [-0.39, 0.29) is 11.7 Å². The minimum Gasteiger partial charge on any atom is -0.312 e. The lowest BCUT2D eigenvalue weighted by Gasteiger charge is -2.16. The molecular weight excluding hydrogens is 193 g/mol. The average molecular weight is 207 g/mol. The summed E-state index contributed by atoms with van der Waals surface area (Å²) < 4.78 is 13.9. The molecule has 1 aliphatic heterocycles. The van der Waals surface area contributed by atoms with E-state index < -0.39 is 5.41 Å². The topological polar surface area (TPSA) is 20.3 Å². The van der Waals surface area contributed by atoms with E-state index >= 15 is 0 Å². The molecule has 1 heterocycles. The standard InChI is InChI=1S/C12H14FNO/c1-7-5-6-8-10(9(7)13)14(4)11(15)12(8,2)3/h5-6H,1-4H3. The van der Waals surface area contributed by atoms with Crippen molar-refractivity contribution < 1.29 is 9.18 Å². The lowest BCUT2D eigenvalue weighted by Crippen LogP contribution is -2.33. The molecule has 2 rings (SSSR count). The van der Waals surface area contributed by atoms with Gasteiger partial charge in [0.2, 0.25) is 5.91 Å². The van der Waals surface area contributed by atoms with Gasteiger partial charge in [-0.3, -0.25) is 4.79 Å². The van der Waals surface area contributed by atoms with E-state index in [1.54, 1.807) is 20.0 Å². The fourth-order valence-corrected chi connectivity index (χ4v) is 2.13. The fraction of sp³-hybridized carbons (Fsp3) is 0.417. The van der Waals surface area contributed by atoms with Crippen LogP contribution in [0.25, 0.3) is 0 Å². The monoisotopic (exact) mass is 207 g/mol. The molecule has 80 valence electrons. The second-order valence-corrected chi connectivity index (χ2v) is 4.58. The van der Waals surface area contributed by atoms with Gasteiger partial charge < -0.3 is 4.90 Å². The number of likely N-dealkylation sites (N-methyl/N-ethyl adjacent to an activating group) is 1. The minimum absolute atomic E-state index is 0.0537. The molecule has 0 unspecified atom stereocenters. The number of nitrogens with zero attached hydrogens (tertiary/aromatic N) is 1. The third-order valence-electron chi connectivity index (χ3n) is 3.16. The van der Waals surface area contributed by atoms with Gasteiger partial charge in [0.05, 0.1) is 11.1 Å². The summed E-state index contributed by atoms with van der Waals surface area (Å²) in [6.45, 7) is 5.36. The van der Waals surface area contributed by atoms with Crippen molar-refractivity contribution in [1.29, 1.82) is 0 Å². The number of carbonyl (C=O) groups excluding carboxylic acids is 1. The van der Waals surface area contributed by atoms with Gasteiger partial charge in [-0.2, -0.15) is 0 Å². The molecule has 0 aromatic heterocycles. The van der Waals surface area contributed by atoms with Gasteiger partial charge in [0.25, 0.3) is 0 Å². The molecule has 0 saturated carbocycles. The van der Waals surface area contributed by atoms with Gasteiger partial charge in [-0.05, 0) is 31.9 Å². The van der Waals surface area contributed by atoms with Crippen molar-refractivity contribution in [3.8, 4) is 0 Å². The Labute approximate surface area is 88.7 Å². The van der Waals surface area contributed by atoms with E-state index in [1.807, 2.05) is 19.9 Å². The van der Waals surface area contributed by atoms with Gasteiger partial charge in [-0.25, -0.2) is 4.39 Å². The van der Waals surface area contributed by atoms with Crippen molar-refractivity contribution in [3.63, 3.8) is 0 Å². The van der Waals surface area contributed by atoms with Crippen LogP contribution in [-0.4, -0.2) is 13.0 Å². The first-order chi connectivity index (χ1) is 6.87. The smallest absolute Gasteiger partial charge is 0.236 e. The number of rotatable bonds is 0. The molecule has 0 aliphatic carbocycles. The van der Waals surface area contributed by atoms with Gasteiger partial charge in [0.15, 0.2) is 0 Å². The van der Waals surface area contributed by atoms with E-state index in [2.05, 4.69) is 0 Å². The van der Waals surface area contributed by atoms with Crippen molar-refractivity contribution in [2.75, 3.05) is 11.9 Å². The Morgan fingerprint density at radius 1 is 1.33 bits per heavy atom. The largest absolute Gasteiger partial charge is 0.312 e. The molecule has 1 aromatic carbocycles. The van der Waals surface area contributed by atoms with Crippen LogP contribution in [0.15, 0.2) is 12.1 Å². The number of carbonyl (C=O) groups is 1. The van der Waals surface area contributed by atoms with E-state index in [0.29, 0.717) is 11.3 Å². The van der Waals surface area contributed by atoms with E-state index in [0.717, 1.165) is 5.56 Å². The normalized spacial score (nSPS) is 18.2. The highest BCUT2D eigenvalue weighted by Crippen LogP contribution is 2.42. The van der Waals surface area contributed by atoms with Gasteiger partial charge in [-0.15, -0.1) is 0 Å². The SMILES string of the molecule is Cc1ccc2c(c1F)N(C)C(=O)C2(C)C. The second-order valence-electron chi connectivity index (χ2n) is 4.58. The maximum Gasteiger partial charge on any atom is 0.236 e. The van der Waals surface area contributed by atoms with Crippen LogP contribution in [0.3, 0.4) is 0 Å². The molecule has 0 fully saturated rings. The number of halogens is 1. The molecule has 0 radical (unpaired) electrons. The molecule has 3 heteroatoms. The van der Waals surface area contributed by atoms with Crippen molar-refractivity contribution in [1.82, 2.24) is 0 Å². The Balaban J connectivity index is 2.77. The lowest BCUT2D eigenvalue weighted by atomic mass is 9.86. The van der Waals surface area contributed by atoms with Gasteiger partial charge >= 0.3 is 0 Å². The Bertz CT molecular complexity index is 451. The Kier molecular flexibility index (Phi) is 1.90. The summed E-state index contributed by atoms with van der Waals surface area (Å²) in [6.07, 6.45) is 0. The third-order valence-corrected chi connectivity index (χ3v) is 3.16. The number of anilines is 1. The third kappa shape index (κ3) is 1.12. The Morgan fingerprint density at radius 3 is 2.53 bits per heavy atom. The molecule has 1 aromatic rings. The van der Waals surface area contributed by atoms with Gasteiger partial charge in [0, 0.05) is 7.05 Å². The lowest BCUT2D eigenvalue weighted by molar-refractivity contribution is -0.121. The van der Waals surface area contributed by atoms with Crippen molar-refractivity contribution >= 4 is 11.6 Å². The molecule has 0 N–H and O–H groups in total. The quantitative estimate of drug-likeness (QED) is 0.639. The first-order valence-corrected chi connectivity index (χ1v) is 4.95. The van der Waals surface area contributed by atoms with Crippen LogP contribution in [-0.2, 0) is 10.2 Å². The van der Waals surface area contributed by atoms with Crippen LogP contribution in [0.4, 0.5) is 10.1 Å². The predicted molar refractivity (Wildman–Crippen MR) is 57.6 cm³/mol. The highest BCUT2D eigenvalue weighted by Gasteiger charge is 2.43. The summed E-state index contributed by atoms with van der Waals surface area (Å²) in [5, 5.41) is 0. The summed E-state index contributed by atoms with van der Waals surface area (Å²) >= 11 is 0. The summed E-state index contributed by atoms with van der Waals surface area (Å²) in [5.74, 6) is -0.337. The molecular formula is C12H14FNO. The molecule has 0 bridgehead atoms. The number of hydrogen-bond acceptors (Lipinski definition) is 1. The molecule has 1 amide bonds. The second kappa shape index (κ2) is 2.81. The summed E-state index contributed by atoms with van der Waals surface area (Å²) in [7, 11) is 1.62. The zero-order valence-electron chi connectivity index (χ0n) is 9.39. The number of hydrogen-bond donors (Lipinski definition) is 0. The fourth-order valence-electron chi connectivity index (χ4n) is 2.13. The predicted octanol–water partition coefficient (Wildman–Crippen LogP) is 2.39. The van der Waals surface area contributed by atoms with Crippen LogP contribution in [0, 0.1) is 12.7 Å². The summed E-state index contributed by atoms with van der Waals surface area (Å²) in [4.78, 5) is 13.3. The van der Waals surface area contributed by atoms with E-state index in [9.17, 15) is 9.18 Å². The molecule has 1 aliphatic rings. The molecule has 0 saturated heterocycles. The van der Waals surface area contributed by atoms with Crippen LogP contribution < -0.4 is 4.90 Å². The summed E-state index contributed by atoms with van der Waals surface area (Å²) in [6, 6.07) is 3.57. The van der Waals surface area contributed by atoms with Gasteiger partial charge in [0.1, 0.15) is 5.82 Å². The molecule has 0 spiro atoms. The van der Waals surface area contributed by atoms with Crippen LogP contribution in [0.1, 0.15) is 25.0 Å². The maximum atomic E-state index is 13.9. The highest BCUT2D eigenvalue weighted by atomic mass is 19.1. The number of benzene rings is 1. The number of fused-ring (bicyclic) bond motifs is 1. The summed E-state index contributed by atoms with van der Waals surface area (Å²) in [5.41, 5.74) is 1.17. The van der Waals surface area contributed by atoms with Crippen molar-refractivity contribution in [2.45, 2.75) is 26.2 Å². The first-order valence-electron chi connectivity index (χ1n) is 4.95. The Morgan fingerprint density at radius 2 is 1.93 bits per heavy atom. The van der Waals surface area contributed by atoms with Crippen LogP contribution >= 0.6 is 0 Å². The molecule has 15 heavy (non-hydrogen) atoms. The Hall–Kier alpha value is -1.38. The molecule has 0 atom stereocenters. The zero-order chi connectivity index (χ0) is 11.4. The van der Waals surface area contributed by atoms with Crippen LogP contribution in [0.2, 0.25) is 0 Å². The molecule has 2 nitrogen and oxygen atoms in total. The van der Waals surface area contributed by atoms with E-state index in [4.69, 9.17) is 0 Å².